The zero-order chi connectivity index (χ0) is 18.4. The van der Waals surface area contributed by atoms with Crippen molar-refractivity contribution in [3.63, 3.8) is 0 Å². The lowest BCUT2D eigenvalue weighted by Gasteiger charge is -2.31. The first-order valence-corrected chi connectivity index (χ1v) is 8.92. The number of carbonyl (C=O) groups is 2. The van der Waals surface area contributed by atoms with Crippen molar-refractivity contribution in [3.8, 4) is 5.75 Å². The van der Waals surface area contributed by atoms with E-state index in [0.717, 1.165) is 11.3 Å². The van der Waals surface area contributed by atoms with E-state index < -0.39 is 0 Å². The smallest absolute Gasteiger partial charge is 0.253 e. The number of nitrogens with one attached hydrogen (secondary N) is 1. The molecule has 2 aromatic carbocycles. The van der Waals surface area contributed by atoms with Crippen molar-refractivity contribution >= 4 is 11.8 Å². The number of hydrogen-bond acceptors (Lipinski definition) is 3. The van der Waals surface area contributed by atoms with E-state index in [2.05, 4.69) is 5.32 Å². The second-order valence-electron chi connectivity index (χ2n) is 6.50. The Bertz CT molecular complexity index is 736. The minimum Gasteiger partial charge on any atom is -0.497 e. The van der Waals surface area contributed by atoms with E-state index in [1.54, 1.807) is 31.4 Å². The van der Waals surface area contributed by atoms with Gasteiger partial charge in [0, 0.05) is 31.1 Å². The molecule has 0 bridgehead atoms. The molecular formula is C21H24N2O3. The Hall–Kier alpha value is -2.82. The third kappa shape index (κ3) is 4.42. The standard InChI is InChI=1S/C21H24N2O3/c1-26-19-9-7-18(8-10-19)21(25)23-13-11-17(12-14-23)20(24)22-15-16-5-3-2-4-6-16/h2-10,17H,11-15H2,1H3,(H,22,24). The Morgan fingerprint density at radius 3 is 2.31 bits per heavy atom. The van der Waals surface area contributed by atoms with Crippen LogP contribution in [-0.2, 0) is 11.3 Å². The molecule has 3 rings (SSSR count). The minimum absolute atomic E-state index is 0.01000. The molecule has 0 unspecified atom stereocenters. The van der Waals surface area contributed by atoms with E-state index in [1.165, 1.54) is 0 Å². The Morgan fingerprint density at radius 2 is 1.69 bits per heavy atom. The van der Waals surface area contributed by atoms with Gasteiger partial charge in [0.1, 0.15) is 5.75 Å². The first-order chi connectivity index (χ1) is 12.7. The van der Waals surface area contributed by atoms with Gasteiger partial charge in [-0.25, -0.2) is 0 Å². The largest absolute Gasteiger partial charge is 0.497 e. The number of likely N-dealkylation sites (tertiary alicyclic amines) is 1. The number of methoxy groups -OCH3 is 1. The Labute approximate surface area is 154 Å². The van der Waals surface area contributed by atoms with Crippen molar-refractivity contribution in [2.24, 2.45) is 5.92 Å². The first-order valence-electron chi connectivity index (χ1n) is 8.92. The molecule has 2 aromatic rings. The van der Waals surface area contributed by atoms with E-state index in [0.29, 0.717) is 38.0 Å². The third-order valence-corrected chi connectivity index (χ3v) is 4.80. The lowest BCUT2D eigenvalue weighted by Crippen LogP contribution is -2.42. The maximum atomic E-state index is 12.6. The molecule has 0 aliphatic carbocycles. The fraction of sp³-hybridized carbons (Fsp3) is 0.333. The van der Waals surface area contributed by atoms with Crippen molar-refractivity contribution in [1.82, 2.24) is 10.2 Å². The number of ether oxygens (including phenoxy) is 1. The van der Waals surface area contributed by atoms with Crippen LogP contribution >= 0.6 is 0 Å². The molecule has 2 amide bonds. The quantitative estimate of drug-likeness (QED) is 0.900. The zero-order valence-electron chi connectivity index (χ0n) is 15.0. The van der Waals surface area contributed by atoms with Gasteiger partial charge in [-0.15, -0.1) is 0 Å². The summed E-state index contributed by atoms with van der Waals surface area (Å²) in [6.07, 6.45) is 1.39. The highest BCUT2D eigenvalue weighted by Crippen LogP contribution is 2.20. The maximum Gasteiger partial charge on any atom is 0.253 e. The van der Waals surface area contributed by atoms with Crippen LogP contribution in [0.25, 0.3) is 0 Å². The highest BCUT2D eigenvalue weighted by molar-refractivity contribution is 5.94. The van der Waals surface area contributed by atoms with Crippen LogP contribution in [0.4, 0.5) is 0 Å². The van der Waals surface area contributed by atoms with Crippen LogP contribution in [0.15, 0.2) is 54.6 Å². The fourth-order valence-corrected chi connectivity index (χ4v) is 3.19. The van der Waals surface area contributed by atoms with Crippen molar-refractivity contribution in [2.75, 3.05) is 20.2 Å². The number of nitrogens with zero attached hydrogens (tertiary/aromatic N) is 1. The van der Waals surface area contributed by atoms with E-state index in [1.807, 2.05) is 35.2 Å². The normalized spacial score (nSPS) is 14.7. The monoisotopic (exact) mass is 352 g/mol. The number of rotatable bonds is 5. The summed E-state index contributed by atoms with van der Waals surface area (Å²) >= 11 is 0. The molecule has 1 aliphatic heterocycles. The Morgan fingerprint density at radius 1 is 1.04 bits per heavy atom. The summed E-state index contributed by atoms with van der Waals surface area (Å²) < 4.78 is 5.12. The molecule has 0 radical (unpaired) electrons. The van der Waals surface area contributed by atoms with Crippen LogP contribution in [0.2, 0.25) is 0 Å². The SMILES string of the molecule is COc1ccc(C(=O)N2CCC(C(=O)NCc3ccccc3)CC2)cc1. The second-order valence-corrected chi connectivity index (χ2v) is 6.50. The zero-order valence-corrected chi connectivity index (χ0v) is 15.0. The van der Waals surface area contributed by atoms with E-state index >= 15 is 0 Å². The van der Waals surface area contributed by atoms with Gasteiger partial charge >= 0.3 is 0 Å². The molecule has 1 saturated heterocycles. The van der Waals surface area contributed by atoms with Crippen LogP contribution in [0.3, 0.4) is 0 Å². The molecule has 5 nitrogen and oxygen atoms in total. The number of carbonyl (C=O) groups excluding carboxylic acids is 2. The highest BCUT2D eigenvalue weighted by atomic mass is 16.5. The summed E-state index contributed by atoms with van der Waals surface area (Å²) in [5.41, 5.74) is 1.74. The fourth-order valence-electron chi connectivity index (χ4n) is 3.19. The predicted octanol–water partition coefficient (Wildman–Crippen LogP) is 2.86. The molecule has 1 heterocycles. The molecule has 0 aromatic heterocycles. The van der Waals surface area contributed by atoms with Crippen molar-refractivity contribution in [1.29, 1.82) is 0 Å². The average Bonchev–Trinajstić information content (AvgIpc) is 2.72. The van der Waals surface area contributed by atoms with Crippen LogP contribution < -0.4 is 10.1 Å². The molecule has 1 fully saturated rings. The molecule has 5 heteroatoms. The summed E-state index contributed by atoms with van der Waals surface area (Å²) in [5.74, 6) is 0.787. The van der Waals surface area contributed by atoms with Gasteiger partial charge < -0.3 is 15.0 Å². The number of benzene rings is 2. The highest BCUT2D eigenvalue weighted by Gasteiger charge is 2.27. The van der Waals surface area contributed by atoms with Crippen LogP contribution in [0.1, 0.15) is 28.8 Å². The topological polar surface area (TPSA) is 58.6 Å². The molecule has 136 valence electrons. The molecule has 0 atom stereocenters. The van der Waals surface area contributed by atoms with Gasteiger partial charge in [-0.2, -0.15) is 0 Å². The van der Waals surface area contributed by atoms with Crippen molar-refractivity contribution in [2.45, 2.75) is 19.4 Å². The van der Waals surface area contributed by atoms with Gasteiger partial charge in [0.25, 0.3) is 5.91 Å². The summed E-state index contributed by atoms with van der Waals surface area (Å²) in [6.45, 7) is 1.76. The Balaban J connectivity index is 1.48. The number of amides is 2. The summed E-state index contributed by atoms with van der Waals surface area (Å²) in [4.78, 5) is 26.8. The summed E-state index contributed by atoms with van der Waals surface area (Å²) in [6, 6.07) is 17.0. The van der Waals surface area contributed by atoms with Gasteiger partial charge in [0.05, 0.1) is 7.11 Å². The number of hydrogen-bond donors (Lipinski definition) is 1. The third-order valence-electron chi connectivity index (χ3n) is 4.80. The molecule has 0 saturated carbocycles. The average molecular weight is 352 g/mol. The molecule has 1 aliphatic rings. The Kier molecular flexibility index (Phi) is 5.89. The van der Waals surface area contributed by atoms with E-state index in [4.69, 9.17) is 4.74 Å². The van der Waals surface area contributed by atoms with Gasteiger partial charge in [0.15, 0.2) is 0 Å². The van der Waals surface area contributed by atoms with Crippen LogP contribution in [0, 0.1) is 5.92 Å². The first kappa shape index (κ1) is 18.0. The van der Waals surface area contributed by atoms with Crippen molar-refractivity contribution < 1.29 is 14.3 Å². The molecule has 1 N–H and O–H groups in total. The molecule has 0 spiro atoms. The van der Waals surface area contributed by atoms with Gasteiger partial charge in [-0.05, 0) is 42.7 Å². The lowest BCUT2D eigenvalue weighted by atomic mass is 9.95. The van der Waals surface area contributed by atoms with Gasteiger partial charge in [-0.1, -0.05) is 30.3 Å². The molecular weight excluding hydrogens is 328 g/mol. The van der Waals surface area contributed by atoms with Gasteiger partial charge in [0.2, 0.25) is 5.91 Å². The number of piperidine rings is 1. The van der Waals surface area contributed by atoms with E-state index in [-0.39, 0.29) is 17.7 Å². The van der Waals surface area contributed by atoms with Gasteiger partial charge in [-0.3, -0.25) is 9.59 Å². The van der Waals surface area contributed by atoms with Crippen LogP contribution in [-0.4, -0.2) is 36.9 Å². The second kappa shape index (κ2) is 8.52. The maximum absolute atomic E-state index is 12.6. The van der Waals surface area contributed by atoms with Crippen molar-refractivity contribution in [3.05, 3.63) is 65.7 Å². The van der Waals surface area contributed by atoms with E-state index in [9.17, 15) is 9.59 Å². The summed E-state index contributed by atoms with van der Waals surface area (Å²) in [7, 11) is 1.60. The van der Waals surface area contributed by atoms with Crippen LogP contribution in [0.5, 0.6) is 5.75 Å². The minimum atomic E-state index is -0.0290. The lowest BCUT2D eigenvalue weighted by molar-refractivity contribution is -0.126. The molecule has 26 heavy (non-hydrogen) atoms. The summed E-state index contributed by atoms with van der Waals surface area (Å²) in [5, 5.41) is 3.00. The predicted molar refractivity (Wildman–Crippen MR) is 99.9 cm³/mol.